The lowest BCUT2D eigenvalue weighted by Crippen LogP contribution is -2.63. The monoisotopic (exact) mass is 505 g/mol. The highest BCUT2D eigenvalue weighted by Crippen LogP contribution is 2.36. The highest BCUT2D eigenvalue weighted by molar-refractivity contribution is 5.75. The molecule has 35 heavy (non-hydrogen) atoms. The van der Waals surface area contributed by atoms with Gasteiger partial charge >= 0.3 is 5.97 Å². The average Bonchev–Trinajstić information content (AvgIpc) is 3.09. The van der Waals surface area contributed by atoms with Crippen LogP contribution >= 0.6 is 0 Å². The number of phenolic OH excluding ortho intramolecular Hbond substituents is 1. The van der Waals surface area contributed by atoms with E-state index in [1.165, 1.54) is 12.1 Å². The number of esters is 1. The quantitative estimate of drug-likeness (QED) is 0.144. The van der Waals surface area contributed by atoms with Gasteiger partial charge in [-0.25, -0.2) is 0 Å². The first kappa shape index (κ1) is 27.6. The van der Waals surface area contributed by atoms with Crippen molar-refractivity contribution in [2.45, 2.75) is 67.3 Å². The summed E-state index contributed by atoms with van der Waals surface area (Å²) < 4.78 is 21.1. The van der Waals surface area contributed by atoms with Crippen LogP contribution in [0, 0.1) is 0 Å². The van der Waals surface area contributed by atoms with Crippen LogP contribution in [0.15, 0.2) is 24.3 Å². The van der Waals surface area contributed by atoms with E-state index in [0.717, 1.165) is 0 Å². The van der Waals surface area contributed by atoms with Crippen molar-refractivity contribution in [3.8, 4) is 5.75 Å². The lowest BCUT2D eigenvalue weighted by molar-refractivity contribution is -0.383. The predicted molar refractivity (Wildman–Crippen MR) is 112 cm³/mol. The normalized spacial score (nSPS) is 38.3. The topological polar surface area (TPSA) is 242 Å². The second kappa shape index (κ2) is 11.4. The molecule has 2 aliphatic heterocycles. The Bertz CT molecular complexity index is 841. The van der Waals surface area contributed by atoms with Crippen molar-refractivity contribution in [1.82, 2.24) is 0 Å². The number of carbonyl (C=O) groups is 1. The third-order valence-electron chi connectivity index (χ3n) is 5.97. The Morgan fingerprint density at radius 3 is 2.23 bits per heavy atom. The average molecular weight is 505 g/mol. The Kier molecular flexibility index (Phi) is 9.01. The largest absolute Gasteiger partial charge is 0.508 e. The summed E-state index contributed by atoms with van der Waals surface area (Å²) in [6.45, 7) is -2.36. The maximum atomic E-state index is 12.3. The van der Waals surface area contributed by atoms with Crippen LogP contribution < -0.4 is 5.73 Å². The van der Waals surface area contributed by atoms with Crippen LogP contribution in [-0.2, 0) is 30.2 Å². The van der Waals surface area contributed by atoms with Gasteiger partial charge in [0.1, 0.15) is 67.7 Å². The van der Waals surface area contributed by atoms with Gasteiger partial charge in [-0.2, -0.15) is 0 Å². The fourth-order valence-corrected chi connectivity index (χ4v) is 3.86. The number of hydrogen-bond acceptors (Lipinski definition) is 14. The van der Waals surface area contributed by atoms with E-state index >= 15 is 0 Å². The van der Waals surface area contributed by atoms with Crippen molar-refractivity contribution in [2.75, 3.05) is 19.8 Å². The number of aliphatic hydroxyl groups excluding tert-OH is 7. The van der Waals surface area contributed by atoms with Gasteiger partial charge in [0.2, 0.25) is 5.79 Å². The van der Waals surface area contributed by atoms with Crippen molar-refractivity contribution < 1.29 is 64.6 Å². The summed E-state index contributed by atoms with van der Waals surface area (Å²) >= 11 is 0. The molecule has 14 heteroatoms. The zero-order chi connectivity index (χ0) is 25.9. The molecule has 198 valence electrons. The minimum absolute atomic E-state index is 0.0470. The first-order valence-electron chi connectivity index (χ1n) is 10.9. The van der Waals surface area contributed by atoms with E-state index in [2.05, 4.69) is 0 Å². The van der Waals surface area contributed by atoms with E-state index in [0.29, 0.717) is 5.56 Å². The van der Waals surface area contributed by atoms with Gasteiger partial charge in [0, 0.05) is 0 Å². The molecule has 14 nitrogen and oxygen atoms in total. The fraction of sp³-hybridized carbons (Fsp3) is 0.667. The molecular weight excluding hydrogens is 474 g/mol. The molecule has 1 aromatic carbocycles. The molecule has 3 rings (SSSR count). The van der Waals surface area contributed by atoms with Crippen LogP contribution in [0.25, 0.3) is 0 Å². The van der Waals surface area contributed by atoms with Crippen LogP contribution in [0.4, 0.5) is 0 Å². The zero-order valence-corrected chi connectivity index (χ0v) is 18.5. The minimum Gasteiger partial charge on any atom is -0.508 e. The molecule has 1 aromatic rings. The first-order valence-corrected chi connectivity index (χ1v) is 10.9. The molecule has 0 amide bonds. The number of carbonyl (C=O) groups excluding carboxylic acids is 1. The minimum atomic E-state index is -2.33. The number of rotatable bonds is 9. The molecular formula is C21H31NO13. The molecule has 10 N–H and O–H groups in total. The lowest BCUT2D eigenvalue weighted by atomic mass is 9.98. The number of ether oxygens (including phenoxy) is 4. The Morgan fingerprint density at radius 1 is 1.00 bits per heavy atom. The molecule has 2 saturated heterocycles. The van der Waals surface area contributed by atoms with E-state index in [1.54, 1.807) is 12.1 Å². The van der Waals surface area contributed by atoms with E-state index < -0.39 is 86.6 Å². The second-order valence-electron chi connectivity index (χ2n) is 8.48. The van der Waals surface area contributed by atoms with Crippen molar-refractivity contribution >= 4 is 5.97 Å². The summed E-state index contributed by atoms with van der Waals surface area (Å²) in [6, 6.07) is 4.91. The van der Waals surface area contributed by atoms with Gasteiger partial charge in [-0.05, 0) is 24.1 Å². The van der Waals surface area contributed by atoms with Gasteiger partial charge in [-0.3, -0.25) is 4.79 Å². The van der Waals surface area contributed by atoms with Gasteiger partial charge in [-0.1, -0.05) is 12.1 Å². The Balaban J connectivity index is 1.63. The molecule has 10 atom stereocenters. The number of nitrogens with two attached hydrogens (primary N) is 1. The van der Waals surface area contributed by atoms with Crippen molar-refractivity contribution in [3.05, 3.63) is 29.8 Å². The zero-order valence-electron chi connectivity index (χ0n) is 18.5. The molecule has 2 heterocycles. The van der Waals surface area contributed by atoms with E-state index in [1.807, 2.05) is 0 Å². The second-order valence-corrected chi connectivity index (χ2v) is 8.48. The van der Waals surface area contributed by atoms with Crippen molar-refractivity contribution in [1.29, 1.82) is 0 Å². The number of benzene rings is 1. The van der Waals surface area contributed by atoms with E-state index in [-0.39, 0.29) is 12.2 Å². The number of phenols is 1. The Morgan fingerprint density at radius 2 is 1.66 bits per heavy atom. The van der Waals surface area contributed by atoms with Crippen LogP contribution in [0.5, 0.6) is 5.75 Å². The molecule has 0 aliphatic carbocycles. The summed E-state index contributed by atoms with van der Waals surface area (Å²) in [7, 11) is 0. The summed E-state index contributed by atoms with van der Waals surface area (Å²) in [6.07, 6.45) is -13.4. The van der Waals surface area contributed by atoms with Crippen LogP contribution in [0.1, 0.15) is 5.56 Å². The summed E-state index contributed by atoms with van der Waals surface area (Å²) in [5.74, 6) is -3.14. The van der Waals surface area contributed by atoms with Gasteiger partial charge in [0.05, 0.1) is 6.61 Å². The number of aromatic hydroxyl groups is 1. The van der Waals surface area contributed by atoms with E-state index in [4.69, 9.17) is 24.7 Å². The molecule has 0 radical (unpaired) electrons. The van der Waals surface area contributed by atoms with Gasteiger partial charge in [0.25, 0.3) is 0 Å². The van der Waals surface area contributed by atoms with Gasteiger partial charge in [-0.15, -0.1) is 0 Å². The molecule has 0 aromatic heterocycles. The van der Waals surface area contributed by atoms with E-state index in [9.17, 15) is 45.6 Å². The van der Waals surface area contributed by atoms with Crippen LogP contribution in [-0.4, -0.2) is 127 Å². The first-order chi connectivity index (χ1) is 16.5. The highest BCUT2D eigenvalue weighted by atomic mass is 16.8. The van der Waals surface area contributed by atoms with Crippen molar-refractivity contribution in [2.24, 2.45) is 5.73 Å². The maximum absolute atomic E-state index is 12.3. The molecule has 2 fully saturated rings. The summed E-state index contributed by atoms with van der Waals surface area (Å²) in [5.41, 5.74) is 6.50. The smallest absolute Gasteiger partial charge is 0.323 e. The Hall–Kier alpha value is -1.95. The molecule has 0 saturated carbocycles. The highest BCUT2D eigenvalue weighted by Gasteiger charge is 2.58. The third-order valence-corrected chi connectivity index (χ3v) is 5.97. The summed E-state index contributed by atoms with van der Waals surface area (Å²) in [5, 5.41) is 79.4. The van der Waals surface area contributed by atoms with Crippen LogP contribution in [0.3, 0.4) is 0 Å². The lowest BCUT2D eigenvalue weighted by Gasteiger charge is -2.43. The van der Waals surface area contributed by atoms with Crippen LogP contribution in [0.2, 0.25) is 0 Å². The molecule has 0 spiro atoms. The van der Waals surface area contributed by atoms with Crippen molar-refractivity contribution in [3.63, 3.8) is 0 Å². The molecule has 0 bridgehead atoms. The fourth-order valence-electron chi connectivity index (χ4n) is 3.86. The Labute approximate surface area is 199 Å². The summed E-state index contributed by atoms with van der Waals surface area (Å²) in [4.78, 5) is 12.3. The maximum Gasteiger partial charge on any atom is 0.323 e. The number of hydrogen-bond donors (Lipinski definition) is 9. The molecule has 0 unspecified atom stereocenters. The molecule has 2 aliphatic rings. The SMILES string of the molecule is N[C@@H](Cc1ccc(O)cc1)C(=O)OC[C@H]1O[C@H](O[C@]2(CO)O[C@H](CO)[C@@H](O)[C@@H]2O)[C@H](O)[C@@H](O)[C@@H]1O. The number of aliphatic hydroxyl groups is 7. The standard InChI is InChI=1S/C21H31NO13/c22-11(5-9-1-3-10(25)4-2-9)19(31)32-7-13-14(26)16(28)17(29)20(33-13)35-21(8-24)18(30)15(27)12(6-23)34-21/h1-4,11-18,20,23-30H,5-8,22H2/t11-,12+,13+,14+,15+,16-,17+,18-,20+,21-/m0/s1. The third kappa shape index (κ3) is 5.90. The van der Waals surface area contributed by atoms with Gasteiger partial charge in [0.15, 0.2) is 6.29 Å². The predicted octanol–water partition coefficient (Wildman–Crippen LogP) is -4.57. The van der Waals surface area contributed by atoms with Gasteiger partial charge < -0.3 is 65.5 Å².